The number of aromatic amines is 1. The second-order valence-corrected chi connectivity index (χ2v) is 7.46. The Bertz CT molecular complexity index is 1390. The molecular formula is C22H16N4OS. The number of aryl methyl sites for hydroxylation is 1. The highest BCUT2D eigenvalue weighted by Gasteiger charge is 2.09. The number of rotatable bonds is 3. The molecule has 136 valence electrons. The molecule has 4 aromatic rings. The summed E-state index contributed by atoms with van der Waals surface area (Å²) in [6.07, 6.45) is 5.96. The quantitative estimate of drug-likeness (QED) is 0.550. The molecule has 28 heavy (non-hydrogen) atoms. The average Bonchev–Trinajstić information content (AvgIpc) is 3.38. The lowest BCUT2D eigenvalue weighted by Gasteiger charge is -1.94. The van der Waals surface area contributed by atoms with Crippen LogP contribution in [0.15, 0.2) is 64.3 Å². The van der Waals surface area contributed by atoms with E-state index in [1.807, 2.05) is 73.1 Å². The molecule has 5 nitrogen and oxygen atoms in total. The third-order valence-electron chi connectivity index (χ3n) is 4.77. The van der Waals surface area contributed by atoms with Crippen LogP contribution in [0.5, 0.6) is 5.88 Å². The Morgan fingerprint density at radius 2 is 1.96 bits per heavy atom. The molecule has 0 aliphatic carbocycles. The molecule has 0 atom stereocenters. The van der Waals surface area contributed by atoms with Gasteiger partial charge in [0.2, 0.25) is 0 Å². The number of aromatic hydroxyl groups is 1. The third kappa shape index (κ3) is 2.84. The van der Waals surface area contributed by atoms with E-state index in [9.17, 15) is 5.11 Å². The largest absolute Gasteiger partial charge is 0.494 e. The van der Waals surface area contributed by atoms with Gasteiger partial charge in [0, 0.05) is 26.6 Å². The molecule has 0 bridgehead atoms. The van der Waals surface area contributed by atoms with E-state index in [-0.39, 0.29) is 5.88 Å². The molecule has 6 heteroatoms. The fourth-order valence-electron chi connectivity index (χ4n) is 3.31. The van der Waals surface area contributed by atoms with Crippen molar-refractivity contribution in [2.45, 2.75) is 6.92 Å². The zero-order valence-electron chi connectivity index (χ0n) is 15.0. The molecule has 3 heterocycles. The summed E-state index contributed by atoms with van der Waals surface area (Å²) in [6.45, 7) is 1.99. The molecule has 2 aromatic carbocycles. The van der Waals surface area contributed by atoms with Gasteiger partial charge in [-0.15, -0.1) is 21.6 Å². The van der Waals surface area contributed by atoms with Gasteiger partial charge in [-0.1, -0.05) is 24.3 Å². The van der Waals surface area contributed by atoms with Crippen molar-refractivity contribution in [2.24, 2.45) is 10.2 Å². The SMILES string of the molecule is Cc1ncsc1C=CC1=c2ccc(=Cc3c(O)[nH]c4ccccc34)cc2N=N1. The van der Waals surface area contributed by atoms with Gasteiger partial charge < -0.3 is 10.1 Å². The number of nitrogens with zero attached hydrogens (tertiary/aromatic N) is 3. The first-order valence-electron chi connectivity index (χ1n) is 8.85. The molecular weight excluding hydrogens is 368 g/mol. The van der Waals surface area contributed by atoms with E-state index in [0.717, 1.165) is 48.9 Å². The van der Waals surface area contributed by atoms with Crippen LogP contribution < -0.4 is 10.4 Å². The van der Waals surface area contributed by atoms with Crippen molar-refractivity contribution < 1.29 is 5.11 Å². The van der Waals surface area contributed by atoms with Crippen LogP contribution in [-0.2, 0) is 0 Å². The molecule has 5 rings (SSSR count). The van der Waals surface area contributed by atoms with Gasteiger partial charge in [0.05, 0.1) is 22.6 Å². The van der Waals surface area contributed by atoms with Crippen molar-refractivity contribution in [2.75, 3.05) is 0 Å². The summed E-state index contributed by atoms with van der Waals surface area (Å²) in [6, 6.07) is 13.9. The fourth-order valence-corrected chi connectivity index (χ4v) is 4.00. The number of hydrogen-bond donors (Lipinski definition) is 2. The van der Waals surface area contributed by atoms with E-state index in [0.29, 0.717) is 0 Å². The Morgan fingerprint density at radius 3 is 2.82 bits per heavy atom. The van der Waals surface area contributed by atoms with Crippen molar-refractivity contribution in [3.63, 3.8) is 0 Å². The number of nitrogens with one attached hydrogen (secondary N) is 1. The highest BCUT2D eigenvalue weighted by atomic mass is 32.1. The maximum Gasteiger partial charge on any atom is 0.196 e. The van der Waals surface area contributed by atoms with Gasteiger partial charge in [-0.05, 0) is 48.6 Å². The number of thiazole rings is 1. The van der Waals surface area contributed by atoms with E-state index in [1.165, 1.54) is 0 Å². The van der Waals surface area contributed by atoms with Crippen LogP contribution in [0.3, 0.4) is 0 Å². The zero-order valence-corrected chi connectivity index (χ0v) is 15.9. The molecule has 2 N–H and O–H groups in total. The normalized spacial score (nSPS) is 13.9. The lowest BCUT2D eigenvalue weighted by molar-refractivity contribution is 0.457. The topological polar surface area (TPSA) is 73.6 Å². The molecule has 1 aliphatic heterocycles. The Balaban J connectivity index is 1.57. The predicted molar refractivity (Wildman–Crippen MR) is 113 cm³/mol. The first-order valence-corrected chi connectivity index (χ1v) is 9.73. The van der Waals surface area contributed by atoms with E-state index >= 15 is 0 Å². The van der Waals surface area contributed by atoms with E-state index < -0.39 is 0 Å². The van der Waals surface area contributed by atoms with Crippen molar-refractivity contribution in [1.29, 1.82) is 0 Å². The maximum atomic E-state index is 10.3. The number of benzene rings is 2. The Kier molecular flexibility index (Phi) is 3.91. The van der Waals surface area contributed by atoms with Crippen LogP contribution in [0.25, 0.3) is 28.8 Å². The van der Waals surface area contributed by atoms with E-state index in [4.69, 9.17) is 0 Å². The van der Waals surface area contributed by atoms with Crippen molar-refractivity contribution in [1.82, 2.24) is 9.97 Å². The number of hydrogen-bond acceptors (Lipinski definition) is 5. The standard InChI is InChI=1S/C22H16N4OS/c1-13-21(28-12-23-13)9-8-19-16-7-6-14(11-20(16)26-25-19)10-17-15-4-2-3-5-18(15)24-22(17)27/h2-12,24,27H,1H3. The number of fused-ring (bicyclic) bond motifs is 2. The van der Waals surface area contributed by atoms with Gasteiger partial charge in [0.15, 0.2) is 5.88 Å². The second kappa shape index (κ2) is 6.58. The summed E-state index contributed by atoms with van der Waals surface area (Å²) in [7, 11) is 0. The highest BCUT2D eigenvalue weighted by Crippen LogP contribution is 2.27. The molecule has 0 amide bonds. The number of H-pyrrole nitrogens is 1. The first kappa shape index (κ1) is 16.6. The molecule has 1 aliphatic rings. The van der Waals surface area contributed by atoms with Crippen molar-refractivity contribution in [3.05, 3.63) is 80.6 Å². The molecule has 0 saturated heterocycles. The van der Waals surface area contributed by atoms with Gasteiger partial charge in [-0.2, -0.15) is 0 Å². The number of para-hydroxylation sites is 1. The molecule has 0 fully saturated rings. The Morgan fingerprint density at radius 1 is 1.07 bits per heavy atom. The van der Waals surface area contributed by atoms with Crippen molar-refractivity contribution in [3.8, 4) is 5.88 Å². The number of azo groups is 1. The summed E-state index contributed by atoms with van der Waals surface area (Å²) in [5.74, 6) is 0.165. The van der Waals surface area contributed by atoms with E-state index in [1.54, 1.807) is 11.3 Å². The second-order valence-electron chi connectivity index (χ2n) is 6.57. The van der Waals surface area contributed by atoms with Gasteiger partial charge >= 0.3 is 0 Å². The lowest BCUT2D eigenvalue weighted by atomic mass is 10.1. The summed E-state index contributed by atoms with van der Waals surface area (Å²) < 4.78 is 0. The smallest absolute Gasteiger partial charge is 0.196 e. The highest BCUT2D eigenvalue weighted by molar-refractivity contribution is 7.10. The Labute approximate surface area is 164 Å². The minimum Gasteiger partial charge on any atom is -0.494 e. The van der Waals surface area contributed by atoms with Crippen LogP contribution in [0.1, 0.15) is 16.1 Å². The van der Waals surface area contributed by atoms with Gasteiger partial charge in [-0.3, -0.25) is 0 Å². The van der Waals surface area contributed by atoms with Gasteiger partial charge in [-0.25, -0.2) is 4.98 Å². The van der Waals surface area contributed by atoms with Crippen LogP contribution in [0.2, 0.25) is 0 Å². The summed E-state index contributed by atoms with van der Waals surface area (Å²) in [5.41, 5.74) is 6.20. The summed E-state index contributed by atoms with van der Waals surface area (Å²) in [5, 5.41) is 21.8. The van der Waals surface area contributed by atoms with Gasteiger partial charge in [0.1, 0.15) is 0 Å². The van der Waals surface area contributed by atoms with Crippen LogP contribution in [-0.4, -0.2) is 15.1 Å². The molecule has 2 aromatic heterocycles. The zero-order chi connectivity index (χ0) is 19.1. The summed E-state index contributed by atoms with van der Waals surface area (Å²) in [4.78, 5) is 8.39. The van der Waals surface area contributed by atoms with Crippen molar-refractivity contribution >= 4 is 45.8 Å². The van der Waals surface area contributed by atoms with Gasteiger partial charge in [0.25, 0.3) is 0 Å². The molecule has 0 radical (unpaired) electrons. The van der Waals surface area contributed by atoms with Crippen LogP contribution in [0, 0.1) is 6.92 Å². The maximum absolute atomic E-state index is 10.3. The minimum absolute atomic E-state index is 0.165. The fraction of sp³-hybridized carbons (Fsp3) is 0.0455. The van der Waals surface area contributed by atoms with E-state index in [2.05, 4.69) is 20.2 Å². The third-order valence-corrected chi connectivity index (χ3v) is 5.67. The number of aromatic nitrogens is 2. The minimum atomic E-state index is 0.165. The molecule has 0 unspecified atom stereocenters. The average molecular weight is 384 g/mol. The molecule has 0 saturated carbocycles. The lowest BCUT2D eigenvalue weighted by Crippen LogP contribution is -2.08. The Hall–Kier alpha value is -3.51. The summed E-state index contributed by atoms with van der Waals surface area (Å²) >= 11 is 1.61. The first-order chi connectivity index (χ1) is 13.7. The predicted octanol–water partition coefficient (Wildman–Crippen LogP) is 4.39. The van der Waals surface area contributed by atoms with Crippen LogP contribution >= 0.6 is 11.3 Å². The monoisotopic (exact) mass is 384 g/mol. The van der Waals surface area contributed by atoms with Crippen LogP contribution in [0.4, 0.5) is 5.69 Å². The molecule has 0 spiro atoms.